The third kappa shape index (κ3) is 5.31. The molecule has 0 unspecified atom stereocenters. The molecule has 0 radical (unpaired) electrons. The first-order chi connectivity index (χ1) is 23.5. The summed E-state index contributed by atoms with van der Waals surface area (Å²) >= 11 is 0. The van der Waals surface area contributed by atoms with Crippen molar-refractivity contribution in [3.63, 3.8) is 0 Å². The third-order valence-electron chi connectivity index (χ3n) is 8.99. The van der Waals surface area contributed by atoms with Gasteiger partial charge in [-0.05, 0) is 93.9 Å². The maximum atomic E-state index is 10.5. The molecule has 0 saturated heterocycles. The summed E-state index contributed by atoms with van der Waals surface area (Å²) in [7, 11) is 1.97. The van der Waals surface area contributed by atoms with Gasteiger partial charge in [0.1, 0.15) is 5.82 Å². The van der Waals surface area contributed by atoms with Crippen molar-refractivity contribution in [2.24, 2.45) is 7.05 Å². The summed E-state index contributed by atoms with van der Waals surface area (Å²) in [5.41, 5.74) is 14.4. The van der Waals surface area contributed by atoms with Crippen LogP contribution >= 0.6 is 0 Å². The molecule has 8 rings (SSSR count). The van der Waals surface area contributed by atoms with Gasteiger partial charge in [-0.25, -0.2) is 9.97 Å². The molecule has 0 fully saturated rings. The molecule has 3 heterocycles. The highest BCUT2D eigenvalue weighted by atomic mass is 16.3. The Morgan fingerprint density at radius 1 is 0.521 bits per heavy atom. The van der Waals surface area contributed by atoms with Gasteiger partial charge in [0.05, 0.1) is 22.3 Å². The van der Waals surface area contributed by atoms with Gasteiger partial charge in [-0.1, -0.05) is 97.1 Å². The van der Waals surface area contributed by atoms with Crippen LogP contribution < -0.4 is 0 Å². The van der Waals surface area contributed by atoms with Gasteiger partial charge in [0, 0.05) is 30.6 Å². The second kappa shape index (κ2) is 12.1. The fourth-order valence-corrected chi connectivity index (χ4v) is 6.45. The molecule has 0 aliphatic rings. The van der Waals surface area contributed by atoms with E-state index in [-0.39, 0.29) is 5.88 Å². The maximum Gasteiger partial charge on any atom is 0.222 e. The quantitative estimate of drug-likeness (QED) is 0.201. The molecule has 5 nitrogen and oxygen atoms in total. The molecule has 3 aromatic heterocycles. The number of pyridine rings is 2. The minimum absolute atomic E-state index is 0.0400. The maximum absolute atomic E-state index is 10.5. The van der Waals surface area contributed by atoms with Gasteiger partial charge >= 0.3 is 0 Å². The number of hydrogen-bond acceptors (Lipinski definition) is 4. The molecular formula is C43H32N4O. The van der Waals surface area contributed by atoms with Crippen molar-refractivity contribution >= 4 is 11.0 Å². The number of benzene rings is 5. The summed E-state index contributed by atoms with van der Waals surface area (Å²) in [6.07, 6.45) is 3.55. The van der Waals surface area contributed by atoms with Crippen molar-refractivity contribution in [1.82, 2.24) is 19.5 Å². The molecule has 230 valence electrons. The molecule has 48 heavy (non-hydrogen) atoms. The minimum atomic E-state index is -0.0400. The summed E-state index contributed by atoms with van der Waals surface area (Å²) in [6, 6.07) is 48.4. The van der Waals surface area contributed by atoms with E-state index < -0.39 is 0 Å². The van der Waals surface area contributed by atoms with E-state index in [9.17, 15) is 5.11 Å². The molecule has 0 bridgehead atoms. The van der Waals surface area contributed by atoms with E-state index in [1.165, 1.54) is 11.1 Å². The van der Waals surface area contributed by atoms with Gasteiger partial charge in [-0.2, -0.15) is 0 Å². The van der Waals surface area contributed by atoms with Crippen LogP contribution in [0.5, 0.6) is 5.88 Å². The summed E-state index contributed by atoms with van der Waals surface area (Å²) in [6.45, 7) is 2.11. The van der Waals surface area contributed by atoms with Gasteiger partial charge in [-0.15, -0.1) is 0 Å². The number of hydrogen-bond donors (Lipinski definition) is 1. The van der Waals surface area contributed by atoms with Gasteiger partial charge in [-0.3, -0.25) is 4.98 Å². The van der Waals surface area contributed by atoms with Crippen molar-refractivity contribution in [3.05, 3.63) is 157 Å². The lowest BCUT2D eigenvalue weighted by molar-refractivity contribution is 0.455. The summed E-state index contributed by atoms with van der Waals surface area (Å²) in [5.74, 6) is 0.618. The normalized spacial score (nSPS) is 11.2. The van der Waals surface area contributed by atoms with Crippen molar-refractivity contribution < 1.29 is 5.11 Å². The van der Waals surface area contributed by atoms with Gasteiger partial charge < -0.3 is 9.67 Å². The molecule has 8 aromatic rings. The first-order valence-electron chi connectivity index (χ1n) is 16.0. The Morgan fingerprint density at radius 3 is 1.88 bits per heavy atom. The lowest BCUT2D eigenvalue weighted by Crippen LogP contribution is -1.93. The lowest BCUT2D eigenvalue weighted by atomic mass is 9.93. The lowest BCUT2D eigenvalue weighted by Gasteiger charge is -2.13. The van der Waals surface area contributed by atoms with Gasteiger partial charge in [0.25, 0.3) is 0 Å². The average molecular weight is 621 g/mol. The molecule has 0 aliphatic heterocycles. The third-order valence-corrected chi connectivity index (χ3v) is 8.99. The van der Waals surface area contributed by atoms with E-state index in [1.54, 1.807) is 6.20 Å². The fourth-order valence-electron chi connectivity index (χ4n) is 6.45. The van der Waals surface area contributed by atoms with Gasteiger partial charge in [0.15, 0.2) is 0 Å². The number of nitrogens with zero attached hydrogens (tertiary/aromatic N) is 4. The number of para-hydroxylation sites is 1. The summed E-state index contributed by atoms with van der Waals surface area (Å²) in [5, 5.41) is 10.5. The standard InChI is InChI=1S/C43H32N4O/c1-28-27-45-39(26-38(28)32-20-18-31(19-21-32)29-11-5-3-6-12-29)35-24-33(30-13-7-4-8-14-30)23-34(25-35)36-15-9-17-40-41(36)46-42(47(40)2)37-16-10-22-44-43(37)48/h3-27H,1-2H3,(H,44,48). The number of fused-ring (bicyclic) bond motifs is 1. The molecule has 5 aromatic carbocycles. The number of rotatable bonds is 6. The molecule has 0 amide bonds. The highest BCUT2D eigenvalue weighted by molar-refractivity contribution is 5.96. The van der Waals surface area contributed by atoms with E-state index in [0.717, 1.165) is 61.2 Å². The van der Waals surface area contributed by atoms with Crippen molar-refractivity contribution in [2.75, 3.05) is 0 Å². The zero-order valence-electron chi connectivity index (χ0n) is 26.7. The van der Waals surface area contributed by atoms with E-state index >= 15 is 0 Å². The van der Waals surface area contributed by atoms with Crippen LogP contribution in [0, 0.1) is 6.92 Å². The first kappa shape index (κ1) is 29.1. The second-order valence-corrected chi connectivity index (χ2v) is 12.0. The average Bonchev–Trinajstić information content (AvgIpc) is 3.48. The predicted octanol–water partition coefficient (Wildman–Crippen LogP) is 10.4. The summed E-state index contributed by atoms with van der Waals surface area (Å²) in [4.78, 5) is 14.1. The molecule has 0 saturated carbocycles. The van der Waals surface area contributed by atoms with E-state index in [0.29, 0.717) is 11.4 Å². The van der Waals surface area contributed by atoms with Crippen molar-refractivity contribution in [1.29, 1.82) is 0 Å². The topological polar surface area (TPSA) is 63.8 Å². The highest BCUT2D eigenvalue weighted by Gasteiger charge is 2.18. The van der Waals surface area contributed by atoms with Crippen LogP contribution in [-0.2, 0) is 7.05 Å². The Bertz CT molecular complexity index is 2410. The van der Waals surface area contributed by atoms with Crippen LogP contribution in [0.3, 0.4) is 0 Å². The minimum Gasteiger partial charge on any atom is -0.493 e. The molecule has 0 spiro atoms. The zero-order chi connectivity index (χ0) is 32.6. The molecule has 1 N–H and O–H groups in total. The highest BCUT2D eigenvalue weighted by Crippen LogP contribution is 2.38. The van der Waals surface area contributed by atoms with Crippen molar-refractivity contribution in [2.45, 2.75) is 6.92 Å². The van der Waals surface area contributed by atoms with Crippen LogP contribution in [0.15, 0.2) is 152 Å². The Hall–Kier alpha value is -6.33. The first-order valence-corrected chi connectivity index (χ1v) is 16.0. The van der Waals surface area contributed by atoms with E-state index in [2.05, 4.69) is 127 Å². The Balaban J connectivity index is 1.27. The monoisotopic (exact) mass is 620 g/mol. The number of imidazole rings is 1. The Labute approximate surface area is 279 Å². The number of aromatic nitrogens is 4. The van der Waals surface area contributed by atoms with E-state index in [4.69, 9.17) is 9.97 Å². The molecule has 5 heteroatoms. The van der Waals surface area contributed by atoms with Gasteiger partial charge in [0.2, 0.25) is 5.88 Å². The Kier molecular flexibility index (Phi) is 7.35. The zero-order valence-corrected chi connectivity index (χ0v) is 26.7. The van der Waals surface area contributed by atoms with Crippen molar-refractivity contribution in [3.8, 4) is 73.0 Å². The molecular weight excluding hydrogens is 589 g/mol. The largest absolute Gasteiger partial charge is 0.493 e. The Morgan fingerprint density at radius 2 is 1.15 bits per heavy atom. The van der Waals surface area contributed by atoms with Crippen LogP contribution in [0.1, 0.15) is 5.56 Å². The number of aryl methyl sites for hydroxylation is 2. The fraction of sp³-hybridized carbons (Fsp3) is 0.0465. The van der Waals surface area contributed by atoms with Crippen LogP contribution in [0.4, 0.5) is 0 Å². The SMILES string of the molecule is Cc1cnc(-c2cc(-c3ccccc3)cc(-c3cccc4c3nc(-c3cccnc3O)n4C)c2)cc1-c1ccc(-c2ccccc2)cc1. The molecule has 0 aliphatic carbocycles. The summed E-state index contributed by atoms with van der Waals surface area (Å²) < 4.78 is 2.01. The van der Waals surface area contributed by atoms with Crippen LogP contribution in [0.25, 0.3) is 78.2 Å². The smallest absolute Gasteiger partial charge is 0.222 e. The number of aromatic hydroxyl groups is 1. The second-order valence-electron chi connectivity index (χ2n) is 12.0. The molecule has 0 atom stereocenters. The van der Waals surface area contributed by atoms with Crippen LogP contribution in [-0.4, -0.2) is 24.6 Å². The van der Waals surface area contributed by atoms with E-state index in [1.807, 2.05) is 42.1 Å². The predicted molar refractivity (Wildman–Crippen MR) is 195 cm³/mol. The van der Waals surface area contributed by atoms with Crippen LogP contribution in [0.2, 0.25) is 0 Å².